The van der Waals surface area contributed by atoms with Crippen molar-refractivity contribution >= 4 is 23.4 Å². The molecule has 3 aromatic rings. The number of H-pyrrole nitrogens is 1. The number of piperazine rings is 1. The van der Waals surface area contributed by atoms with E-state index in [4.69, 9.17) is 9.90 Å². The van der Waals surface area contributed by atoms with Crippen LogP contribution in [0.4, 0.5) is 30.6 Å². The highest BCUT2D eigenvalue weighted by molar-refractivity contribution is 5.73. The summed E-state index contributed by atoms with van der Waals surface area (Å²) in [7, 11) is 0. The van der Waals surface area contributed by atoms with Crippen molar-refractivity contribution in [2.45, 2.75) is 13.1 Å². The van der Waals surface area contributed by atoms with Crippen LogP contribution in [0.3, 0.4) is 0 Å². The summed E-state index contributed by atoms with van der Waals surface area (Å²) < 4.78 is 31.7. The molecule has 3 aromatic heterocycles. The van der Waals surface area contributed by atoms with E-state index in [0.29, 0.717) is 5.95 Å². The van der Waals surface area contributed by atoms with Gasteiger partial charge < -0.3 is 20.6 Å². The number of anilines is 3. The number of aromatic amines is 1. The molecular weight excluding hydrogens is 429 g/mol. The number of alkyl halides is 3. The Balaban J connectivity index is 0.000000360. The summed E-state index contributed by atoms with van der Waals surface area (Å²) in [5.74, 6) is -1.52. The van der Waals surface area contributed by atoms with Crippen LogP contribution in [-0.2, 0) is 4.79 Å². The predicted octanol–water partition coefficient (Wildman–Crippen LogP) is 2.36. The lowest BCUT2D eigenvalue weighted by atomic mass is 10.2. The number of aromatic nitrogens is 5. The number of hydrogen-bond donors (Lipinski definition) is 4. The summed E-state index contributed by atoms with van der Waals surface area (Å²) in [5, 5.41) is 20.6. The summed E-state index contributed by atoms with van der Waals surface area (Å²) >= 11 is 0. The highest BCUT2D eigenvalue weighted by Gasteiger charge is 2.38. The van der Waals surface area contributed by atoms with E-state index in [9.17, 15) is 13.2 Å². The van der Waals surface area contributed by atoms with Crippen LogP contribution < -0.4 is 15.5 Å². The first-order valence-electron chi connectivity index (χ1n) is 9.56. The average Bonchev–Trinajstić information content (AvgIpc) is 3.21. The van der Waals surface area contributed by atoms with Crippen molar-refractivity contribution in [3.05, 3.63) is 42.5 Å². The third-order valence-electron chi connectivity index (χ3n) is 4.47. The topological polar surface area (TPSA) is 132 Å². The van der Waals surface area contributed by atoms with E-state index < -0.39 is 12.1 Å². The van der Waals surface area contributed by atoms with Gasteiger partial charge >= 0.3 is 12.1 Å². The molecule has 1 fully saturated rings. The zero-order valence-electron chi connectivity index (χ0n) is 17.0. The van der Waals surface area contributed by atoms with Gasteiger partial charge in [-0.05, 0) is 25.1 Å². The van der Waals surface area contributed by atoms with E-state index in [0.717, 1.165) is 54.6 Å². The van der Waals surface area contributed by atoms with E-state index in [1.54, 1.807) is 12.4 Å². The molecule has 0 spiro atoms. The van der Waals surface area contributed by atoms with Crippen LogP contribution >= 0.6 is 0 Å². The van der Waals surface area contributed by atoms with Crippen molar-refractivity contribution in [2.24, 2.45) is 0 Å². The fraction of sp³-hybridized carbons (Fsp3) is 0.316. The summed E-state index contributed by atoms with van der Waals surface area (Å²) in [6.45, 7) is 5.99. The number of aliphatic carboxylic acids is 1. The zero-order valence-corrected chi connectivity index (χ0v) is 17.0. The molecule has 0 saturated carbocycles. The minimum absolute atomic E-state index is 0.514. The molecule has 0 radical (unpaired) electrons. The molecule has 4 rings (SSSR count). The van der Waals surface area contributed by atoms with Gasteiger partial charge in [0.15, 0.2) is 0 Å². The molecule has 10 nitrogen and oxygen atoms in total. The van der Waals surface area contributed by atoms with Crippen molar-refractivity contribution in [3.8, 4) is 11.3 Å². The Morgan fingerprint density at radius 1 is 1.16 bits per heavy atom. The summed E-state index contributed by atoms with van der Waals surface area (Å²) in [4.78, 5) is 24.5. The van der Waals surface area contributed by atoms with Gasteiger partial charge in [0.25, 0.3) is 0 Å². The summed E-state index contributed by atoms with van der Waals surface area (Å²) in [6.07, 6.45) is 0.298. The molecule has 170 valence electrons. The number of nitrogens with zero attached hydrogens (tertiary/aromatic N) is 5. The minimum Gasteiger partial charge on any atom is -0.475 e. The van der Waals surface area contributed by atoms with Crippen molar-refractivity contribution in [3.63, 3.8) is 0 Å². The van der Waals surface area contributed by atoms with Crippen LogP contribution in [0.25, 0.3) is 11.3 Å². The average molecular weight is 450 g/mol. The lowest BCUT2D eigenvalue weighted by Crippen LogP contribution is -2.43. The van der Waals surface area contributed by atoms with Crippen molar-refractivity contribution in [1.82, 2.24) is 30.5 Å². The fourth-order valence-electron chi connectivity index (χ4n) is 2.86. The fourth-order valence-corrected chi connectivity index (χ4v) is 2.86. The molecule has 0 bridgehead atoms. The number of halogens is 3. The maximum absolute atomic E-state index is 10.6. The van der Waals surface area contributed by atoms with E-state index in [2.05, 4.69) is 46.7 Å². The van der Waals surface area contributed by atoms with Gasteiger partial charge in [0.1, 0.15) is 5.82 Å². The van der Waals surface area contributed by atoms with Gasteiger partial charge in [-0.15, -0.1) is 0 Å². The largest absolute Gasteiger partial charge is 0.490 e. The normalized spacial score (nSPS) is 13.8. The smallest absolute Gasteiger partial charge is 0.475 e. The molecule has 0 unspecified atom stereocenters. The molecule has 0 atom stereocenters. The van der Waals surface area contributed by atoms with Crippen LogP contribution in [0.2, 0.25) is 0 Å². The Kier molecular flexibility index (Phi) is 7.20. The number of pyridine rings is 1. The number of carboxylic acids is 1. The first-order valence-corrected chi connectivity index (χ1v) is 9.56. The Morgan fingerprint density at radius 3 is 2.44 bits per heavy atom. The highest BCUT2D eigenvalue weighted by atomic mass is 19.4. The Labute approximate surface area is 180 Å². The van der Waals surface area contributed by atoms with Crippen LogP contribution in [-0.4, -0.2) is 68.6 Å². The third-order valence-corrected chi connectivity index (χ3v) is 4.47. The van der Waals surface area contributed by atoms with Crippen molar-refractivity contribution in [1.29, 1.82) is 0 Å². The van der Waals surface area contributed by atoms with Crippen LogP contribution in [0.5, 0.6) is 0 Å². The number of aryl methyl sites for hydroxylation is 1. The van der Waals surface area contributed by atoms with E-state index in [-0.39, 0.29) is 0 Å². The lowest BCUT2D eigenvalue weighted by Gasteiger charge is -2.29. The van der Waals surface area contributed by atoms with Gasteiger partial charge in [-0.2, -0.15) is 18.3 Å². The van der Waals surface area contributed by atoms with E-state index in [1.807, 2.05) is 25.3 Å². The van der Waals surface area contributed by atoms with Gasteiger partial charge in [-0.25, -0.2) is 19.7 Å². The quantitative estimate of drug-likeness (QED) is 0.473. The van der Waals surface area contributed by atoms with Gasteiger partial charge in [0.05, 0.1) is 23.8 Å². The molecule has 13 heteroatoms. The number of carbonyl (C=O) groups is 1. The predicted molar refractivity (Wildman–Crippen MR) is 111 cm³/mol. The van der Waals surface area contributed by atoms with Crippen molar-refractivity contribution < 1.29 is 23.1 Å². The van der Waals surface area contributed by atoms with Crippen molar-refractivity contribution in [2.75, 3.05) is 36.4 Å². The van der Waals surface area contributed by atoms with Gasteiger partial charge in [0.2, 0.25) is 5.95 Å². The van der Waals surface area contributed by atoms with Crippen LogP contribution in [0, 0.1) is 6.92 Å². The standard InChI is InChI=1S/C17H20N8.C2HF3O2/c1-12-14(11-21-24-12)15-4-5-19-17(22-15)23-16-3-2-13(10-20-16)25-8-6-18-7-9-25;3-2(4,5)1(6)7/h2-5,10-11,18H,6-9H2,1H3,(H,21,24)(H,19,20,22,23);(H,6,7). The maximum atomic E-state index is 10.6. The summed E-state index contributed by atoms with van der Waals surface area (Å²) in [5.41, 5.74) is 3.90. The lowest BCUT2D eigenvalue weighted by molar-refractivity contribution is -0.192. The number of rotatable bonds is 4. The first-order chi connectivity index (χ1) is 15.2. The van der Waals surface area contributed by atoms with Crippen LogP contribution in [0.1, 0.15) is 5.69 Å². The summed E-state index contributed by atoms with van der Waals surface area (Å²) in [6, 6.07) is 5.89. The molecule has 1 saturated heterocycles. The highest BCUT2D eigenvalue weighted by Crippen LogP contribution is 2.21. The minimum atomic E-state index is -5.08. The second kappa shape index (κ2) is 10.0. The van der Waals surface area contributed by atoms with E-state index in [1.165, 1.54) is 0 Å². The van der Waals surface area contributed by atoms with Gasteiger partial charge in [0, 0.05) is 43.6 Å². The Bertz CT molecular complexity index is 1030. The first kappa shape index (κ1) is 22.9. The molecule has 4 heterocycles. The number of carboxylic acid groups (broad SMARTS) is 1. The molecule has 4 N–H and O–H groups in total. The SMILES string of the molecule is Cc1[nH]ncc1-c1ccnc(Nc2ccc(N3CCNCC3)cn2)n1.O=C(O)C(F)(F)F. The molecule has 1 aliphatic heterocycles. The second-order valence-electron chi connectivity index (χ2n) is 6.74. The third kappa shape index (κ3) is 6.14. The van der Waals surface area contributed by atoms with Gasteiger partial charge in [-0.1, -0.05) is 0 Å². The number of hydrogen-bond acceptors (Lipinski definition) is 8. The second-order valence-corrected chi connectivity index (χ2v) is 6.74. The Hall–Kier alpha value is -3.74. The zero-order chi connectivity index (χ0) is 23.1. The number of nitrogens with one attached hydrogen (secondary N) is 3. The molecular formula is C19H21F3N8O2. The van der Waals surface area contributed by atoms with Gasteiger partial charge in [-0.3, -0.25) is 5.10 Å². The monoisotopic (exact) mass is 450 g/mol. The molecule has 0 aromatic carbocycles. The molecule has 0 amide bonds. The van der Waals surface area contributed by atoms with Crippen LogP contribution in [0.15, 0.2) is 36.8 Å². The molecule has 1 aliphatic rings. The maximum Gasteiger partial charge on any atom is 0.490 e. The Morgan fingerprint density at radius 2 is 1.88 bits per heavy atom. The van der Waals surface area contributed by atoms with E-state index >= 15 is 0 Å². The molecule has 0 aliphatic carbocycles. The molecule has 32 heavy (non-hydrogen) atoms.